The van der Waals surface area contributed by atoms with E-state index in [1.807, 2.05) is 12.2 Å². The van der Waals surface area contributed by atoms with E-state index in [1.54, 1.807) is 0 Å². The maximum Gasteiger partial charge on any atom is 0.350 e. The van der Waals surface area contributed by atoms with Crippen molar-refractivity contribution in [3.05, 3.63) is 22.8 Å². The lowest BCUT2D eigenvalue weighted by molar-refractivity contribution is -0.139. The molecule has 0 spiro atoms. The highest BCUT2D eigenvalue weighted by Gasteiger charge is 2.45. The van der Waals surface area contributed by atoms with Gasteiger partial charge in [-0.1, -0.05) is 23.8 Å². The average Bonchev–Trinajstić information content (AvgIpc) is 2.76. The molecule has 0 radical (unpaired) electrons. The maximum absolute atomic E-state index is 11.1. The first-order valence-electron chi connectivity index (χ1n) is 4.20. The van der Waals surface area contributed by atoms with E-state index in [4.69, 9.17) is 21.1 Å². The van der Waals surface area contributed by atoms with Crippen LogP contribution in [0.15, 0.2) is 22.8 Å². The van der Waals surface area contributed by atoms with Gasteiger partial charge in [-0.25, -0.2) is 4.79 Å². The van der Waals surface area contributed by atoms with Crippen LogP contribution in [0.2, 0.25) is 0 Å². The van der Waals surface area contributed by atoms with E-state index in [0.717, 1.165) is 12.0 Å². The lowest BCUT2D eigenvalue weighted by atomic mass is 10.1. The molecule has 2 aliphatic heterocycles. The topological polar surface area (TPSA) is 38.8 Å². The molecule has 0 aromatic rings. The van der Waals surface area contributed by atoms with Gasteiger partial charge < -0.3 is 9.47 Å². The molecular weight excluding hydrogens is 192 g/mol. The van der Waals surface area contributed by atoms with E-state index in [-0.39, 0.29) is 23.3 Å². The summed E-state index contributed by atoms with van der Waals surface area (Å²) in [6, 6.07) is 0. The zero-order valence-electron chi connectivity index (χ0n) is 6.70. The second-order valence-corrected chi connectivity index (χ2v) is 3.78. The summed E-state index contributed by atoms with van der Waals surface area (Å²) in [7, 11) is 0. The van der Waals surface area contributed by atoms with Gasteiger partial charge in [0.25, 0.3) is 0 Å². The van der Waals surface area contributed by atoms with E-state index in [9.17, 15) is 4.79 Å². The highest BCUT2D eigenvalue weighted by Crippen LogP contribution is 2.39. The molecule has 3 atom stereocenters. The van der Waals surface area contributed by atoms with Crippen LogP contribution in [0.25, 0.3) is 0 Å². The molecule has 0 aromatic heterocycles. The van der Waals surface area contributed by atoms with E-state index in [0.29, 0.717) is 0 Å². The predicted molar refractivity (Wildman–Crippen MR) is 45.2 cm³/mol. The van der Waals surface area contributed by atoms with Crippen molar-refractivity contribution < 1.29 is 14.3 Å². The number of esters is 1. The third-order valence-corrected chi connectivity index (χ3v) is 2.93. The van der Waals surface area contributed by atoms with Crippen molar-refractivity contribution in [2.45, 2.75) is 24.7 Å². The number of hydrogen-bond donors (Lipinski definition) is 0. The standard InChI is InChI=1S/C9H7ClO3/c10-8-4-1-2-5-7(12-5)3-6(4)13-9(8)11/h1-2,5-7H,3H2/t5-,6+,7+/m1/s1. The van der Waals surface area contributed by atoms with Gasteiger partial charge in [0.2, 0.25) is 0 Å². The number of epoxide rings is 1. The van der Waals surface area contributed by atoms with E-state index < -0.39 is 5.97 Å². The largest absolute Gasteiger partial charge is 0.453 e. The number of ether oxygens (including phenoxy) is 2. The first kappa shape index (κ1) is 7.59. The molecule has 4 heteroatoms. The number of rotatable bonds is 0. The normalized spacial score (nSPS) is 41.0. The van der Waals surface area contributed by atoms with Crippen LogP contribution in [-0.2, 0) is 14.3 Å². The van der Waals surface area contributed by atoms with Crippen molar-refractivity contribution in [1.29, 1.82) is 0 Å². The van der Waals surface area contributed by atoms with Gasteiger partial charge in [-0.3, -0.25) is 0 Å². The van der Waals surface area contributed by atoms with Crippen LogP contribution in [-0.4, -0.2) is 24.3 Å². The van der Waals surface area contributed by atoms with Crippen LogP contribution in [0.3, 0.4) is 0 Å². The van der Waals surface area contributed by atoms with Crippen molar-refractivity contribution in [3.8, 4) is 0 Å². The summed E-state index contributed by atoms with van der Waals surface area (Å²) in [6.07, 6.45) is 4.75. The zero-order chi connectivity index (χ0) is 9.00. The fourth-order valence-electron chi connectivity index (χ4n) is 1.78. The summed E-state index contributed by atoms with van der Waals surface area (Å²) in [5, 5.41) is 0.225. The summed E-state index contributed by atoms with van der Waals surface area (Å²) in [6.45, 7) is 0. The Bertz CT molecular complexity index is 345. The van der Waals surface area contributed by atoms with Crippen LogP contribution in [0.4, 0.5) is 0 Å². The van der Waals surface area contributed by atoms with E-state index >= 15 is 0 Å². The van der Waals surface area contributed by atoms with E-state index in [2.05, 4.69) is 0 Å². The second kappa shape index (κ2) is 2.36. The molecule has 3 aliphatic rings. The minimum Gasteiger partial charge on any atom is -0.453 e. The van der Waals surface area contributed by atoms with Gasteiger partial charge in [-0.05, 0) is 0 Å². The Kier molecular flexibility index (Phi) is 1.38. The van der Waals surface area contributed by atoms with Crippen molar-refractivity contribution >= 4 is 17.6 Å². The molecule has 0 N–H and O–H groups in total. The maximum atomic E-state index is 11.1. The van der Waals surface area contributed by atoms with E-state index in [1.165, 1.54) is 0 Å². The van der Waals surface area contributed by atoms with Crippen molar-refractivity contribution in [1.82, 2.24) is 0 Å². The molecule has 13 heavy (non-hydrogen) atoms. The van der Waals surface area contributed by atoms with Gasteiger partial charge in [0.1, 0.15) is 17.2 Å². The third-order valence-electron chi connectivity index (χ3n) is 2.56. The summed E-state index contributed by atoms with van der Waals surface area (Å²) < 4.78 is 10.4. The smallest absolute Gasteiger partial charge is 0.350 e. The van der Waals surface area contributed by atoms with Crippen LogP contribution < -0.4 is 0 Å². The minimum atomic E-state index is -0.412. The summed E-state index contributed by atoms with van der Waals surface area (Å²) >= 11 is 5.78. The Morgan fingerprint density at radius 2 is 2.38 bits per heavy atom. The molecule has 1 aliphatic carbocycles. The Balaban J connectivity index is 2.01. The molecule has 2 heterocycles. The minimum absolute atomic E-state index is 0.186. The molecule has 0 saturated carbocycles. The molecule has 68 valence electrons. The molecule has 0 unspecified atom stereocenters. The predicted octanol–water partition coefficient (Wildman–Crippen LogP) is 1.13. The summed E-state index contributed by atoms with van der Waals surface area (Å²) in [5.74, 6) is -0.412. The fraction of sp³-hybridized carbons (Fsp3) is 0.444. The molecule has 0 amide bonds. The van der Waals surface area contributed by atoms with Gasteiger partial charge in [0, 0.05) is 12.0 Å². The zero-order valence-corrected chi connectivity index (χ0v) is 7.45. The first-order valence-corrected chi connectivity index (χ1v) is 4.58. The summed E-state index contributed by atoms with van der Waals surface area (Å²) in [5.41, 5.74) is 0.808. The lowest BCUT2D eigenvalue weighted by Gasteiger charge is -2.07. The lowest BCUT2D eigenvalue weighted by Crippen LogP contribution is -2.13. The van der Waals surface area contributed by atoms with Crippen LogP contribution in [0.5, 0.6) is 0 Å². The molecule has 0 bridgehead atoms. The first-order chi connectivity index (χ1) is 6.25. The fourth-order valence-corrected chi connectivity index (χ4v) is 2.01. The van der Waals surface area contributed by atoms with Crippen LogP contribution in [0, 0.1) is 0 Å². The monoisotopic (exact) mass is 198 g/mol. The molecule has 3 rings (SSSR count). The van der Waals surface area contributed by atoms with Gasteiger partial charge in [-0.2, -0.15) is 0 Å². The van der Waals surface area contributed by atoms with Crippen LogP contribution >= 0.6 is 11.6 Å². The summed E-state index contributed by atoms with van der Waals surface area (Å²) in [4.78, 5) is 11.1. The Morgan fingerprint density at radius 1 is 1.54 bits per heavy atom. The average molecular weight is 199 g/mol. The third kappa shape index (κ3) is 1.04. The SMILES string of the molecule is O=C1O[C@H]2C[C@@H]3O[C@@H]3C=CC2=C1Cl. The molecular formula is C9H7ClO3. The quantitative estimate of drug-likeness (QED) is 0.433. The Labute approximate surface area is 80.0 Å². The molecule has 0 aromatic carbocycles. The van der Waals surface area contributed by atoms with Gasteiger partial charge in [0.15, 0.2) is 0 Å². The Morgan fingerprint density at radius 3 is 3.23 bits per heavy atom. The van der Waals surface area contributed by atoms with Gasteiger partial charge in [0.05, 0.1) is 6.10 Å². The second-order valence-electron chi connectivity index (χ2n) is 3.40. The van der Waals surface area contributed by atoms with Crippen LogP contribution in [0.1, 0.15) is 6.42 Å². The number of halogens is 1. The molecule has 1 fully saturated rings. The van der Waals surface area contributed by atoms with Crippen molar-refractivity contribution in [3.63, 3.8) is 0 Å². The molecule has 3 nitrogen and oxygen atoms in total. The van der Waals surface area contributed by atoms with Crippen molar-refractivity contribution in [2.75, 3.05) is 0 Å². The number of carbonyl (C=O) groups excluding carboxylic acids is 1. The van der Waals surface area contributed by atoms with Gasteiger partial charge >= 0.3 is 5.97 Å². The number of fused-ring (bicyclic) bond motifs is 2. The number of hydrogen-bond acceptors (Lipinski definition) is 3. The number of carbonyl (C=O) groups is 1. The highest BCUT2D eigenvalue weighted by atomic mass is 35.5. The Hall–Kier alpha value is -0.800. The van der Waals surface area contributed by atoms with Gasteiger partial charge in [-0.15, -0.1) is 0 Å². The highest BCUT2D eigenvalue weighted by molar-refractivity contribution is 6.42. The van der Waals surface area contributed by atoms with Crippen molar-refractivity contribution in [2.24, 2.45) is 0 Å². The molecule has 1 saturated heterocycles.